The highest BCUT2D eigenvalue weighted by molar-refractivity contribution is 6.31. The van der Waals surface area contributed by atoms with Crippen molar-refractivity contribution in [1.82, 2.24) is 5.32 Å². The van der Waals surface area contributed by atoms with E-state index in [4.69, 9.17) is 21.1 Å². The first-order valence-corrected chi connectivity index (χ1v) is 5.78. The summed E-state index contributed by atoms with van der Waals surface area (Å²) in [6, 6.07) is 1.84. The van der Waals surface area contributed by atoms with E-state index >= 15 is 0 Å². The molecule has 0 atom stereocenters. The molecule has 3 nitrogen and oxygen atoms in total. The van der Waals surface area contributed by atoms with Crippen LogP contribution in [0, 0.1) is 0 Å². The Morgan fingerprint density at radius 2 is 2.19 bits per heavy atom. The van der Waals surface area contributed by atoms with Gasteiger partial charge in [0, 0.05) is 23.2 Å². The van der Waals surface area contributed by atoms with E-state index in [1.165, 1.54) is 0 Å². The molecule has 88 valence electrons. The summed E-state index contributed by atoms with van der Waals surface area (Å²) in [7, 11) is 1.91. The van der Waals surface area contributed by atoms with Gasteiger partial charge in [0.05, 0.1) is 0 Å². The summed E-state index contributed by atoms with van der Waals surface area (Å²) < 4.78 is 10.9. The summed E-state index contributed by atoms with van der Waals surface area (Å²) in [6.07, 6.45) is 0. The SMILES string of the molecule is CNCc1c(Cl)cc2c(c1C(C)C)OCO2. The molecule has 0 saturated heterocycles. The van der Waals surface area contributed by atoms with Crippen LogP contribution < -0.4 is 14.8 Å². The second kappa shape index (κ2) is 4.52. The Kier molecular flexibility index (Phi) is 3.26. The molecule has 1 aliphatic rings. The smallest absolute Gasteiger partial charge is 0.231 e. The second-order valence-corrected chi connectivity index (χ2v) is 4.58. The molecule has 0 radical (unpaired) electrons. The standard InChI is InChI=1S/C12H16ClNO2/c1-7(2)11-8(5-14-3)9(13)4-10-12(11)16-6-15-10/h4,7,14H,5-6H2,1-3H3. The van der Waals surface area contributed by atoms with Crippen LogP contribution in [0.1, 0.15) is 30.9 Å². The van der Waals surface area contributed by atoms with Crippen LogP contribution in [0.3, 0.4) is 0 Å². The summed E-state index contributed by atoms with van der Waals surface area (Å²) in [5.74, 6) is 1.97. The van der Waals surface area contributed by atoms with Crippen molar-refractivity contribution in [2.45, 2.75) is 26.3 Å². The van der Waals surface area contributed by atoms with Crippen LogP contribution in [0.2, 0.25) is 5.02 Å². The topological polar surface area (TPSA) is 30.5 Å². The maximum atomic E-state index is 6.26. The van der Waals surface area contributed by atoms with Crippen LogP contribution in [-0.2, 0) is 6.54 Å². The van der Waals surface area contributed by atoms with Gasteiger partial charge in [-0.05, 0) is 18.5 Å². The zero-order valence-electron chi connectivity index (χ0n) is 9.76. The number of hydrogen-bond donors (Lipinski definition) is 1. The minimum absolute atomic E-state index is 0.286. The van der Waals surface area contributed by atoms with Crippen molar-refractivity contribution in [3.63, 3.8) is 0 Å². The quantitative estimate of drug-likeness (QED) is 0.883. The van der Waals surface area contributed by atoms with Crippen LogP contribution in [0.4, 0.5) is 0 Å². The van der Waals surface area contributed by atoms with Gasteiger partial charge in [-0.3, -0.25) is 0 Å². The first kappa shape index (κ1) is 11.6. The van der Waals surface area contributed by atoms with E-state index < -0.39 is 0 Å². The lowest BCUT2D eigenvalue weighted by molar-refractivity contribution is 0.173. The Morgan fingerprint density at radius 1 is 1.44 bits per heavy atom. The molecule has 16 heavy (non-hydrogen) atoms. The zero-order valence-corrected chi connectivity index (χ0v) is 10.5. The number of halogens is 1. The van der Waals surface area contributed by atoms with Crippen molar-refractivity contribution < 1.29 is 9.47 Å². The van der Waals surface area contributed by atoms with Crippen molar-refractivity contribution in [3.8, 4) is 11.5 Å². The molecule has 4 heteroatoms. The van der Waals surface area contributed by atoms with E-state index in [9.17, 15) is 0 Å². The van der Waals surface area contributed by atoms with Gasteiger partial charge in [0.15, 0.2) is 11.5 Å². The average molecular weight is 242 g/mol. The molecule has 0 unspecified atom stereocenters. The van der Waals surface area contributed by atoms with Gasteiger partial charge in [-0.25, -0.2) is 0 Å². The lowest BCUT2D eigenvalue weighted by Crippen LogP contribution is -2.10. The summed E-state index contributed by atoms with van der Waals surface area (Å²) in [5.41, 5.74) is 2.25. The van der Waals surface area contributed by atoms with E-state index in [1.807, 2.05) is 13.1 Å². The van der Waals surface area contributed by atoms with E-state index in [1.54, 1.807) is 0 Å². The number of benzene rings is 1. The second-order valence-electron chi connectivity index (χ2n) is 4.17. The van der Waals surface area contributed by atoms with Crippen LogP contribution in [0.15, 0.2) is 6.07 Å². The molecule has 1 N–H and O–H groups in total. The van der Waals surface area contributed by atoms with Crippen molar-refractivity contribution >= 4 is 11.6 Å². The Hall–Kier alpha value is -0.930. The summed E-state index contributed by atoms with van der Waals surface area (Å²) in [5, 5.41) is 3.87. The van der Waals surface area contributed by atoms with Crippen LogP contribution in [-0.4, -0.2) is 13.8 Å². The van der Waals surface area contributed by atoms with E-state index in [0.717, 1.165) is 34.2 Å². The summed E-state index contributed by atoms with van der Waals surface area (Å²) in [6.45, 7) is 5.29. The minimum atomic E-state index is 0.286. The van der Waals surface area contributed by atoms with Gasteiger partial charge >= 0.3 is 0 Å². The minimum Gasteiger partial charge on any atom is -0.454 e. The zero-order chi connectivity index (χ0) is 11.7. The lowest BCUT2D eigenvalue weighted by Gasteiger charge is -2.16. The number of hydrogen-bond acceptors (Lipinski definition) is 3. The first-order chi connectivity index (χ1) is 7.65. The molecule has 2 rings (SSSR count). The van der Waals surface area contributed by atoms with E-state index in [-0.39, 0.29) is 6.79 Å². The lowest BCUT2D eigenvalue weighted by atomic mass is 9.95. The third-order valence-electron chi connectivity index (χ3n) is 2.69. The third-order valence-corrected chi connectivity index (χ3v) is 3.03. The maximum Gasteiger partial charge on any atom is 0.231 e. The van der Waals surface area contributed by atoms with Crippen molar-refractivity contribution in [1.29, 1.82) is 0 Å². The van der Waals surface area contributed by atoms with Crippen LogP contribution >= 0.6 is 11.6 Å². The first-order valence-electron chi connectivity index (χ1n) is 5.40. The van der Waals surface area contributed by atoms with Crippen LogP contribution in [0.5, 0.6) is 11.5 Å². The van der Waals surface area contributed by atoms with Gasteiger partial charge in [0.2, 0.25) is 6.79 Å². The number of rotatable bonds is 3. The fourth-order valence-corrected chi connectivity index (χ4v) is 2.31. The Balaban J connectivity index is 2.59. The van der Waals surface area contributed by atoms with E-state index in [0.29, 0.717) is 5.92 Å². The molecule has 0 fully saturated rings. The molecule has 1 aliphatic heterocycles. The fraction of sp³-hybridized carbons (Fsp3) is 0.500. The molecule has 0 saturated carbocycles. The van der Waals surface area contributed by atoms with Gasteiger partial charge in [-0.1, -0.05) is 25.4 Å². The molecule has 0 amide bonds. The third kappa shape index (κ3) is 1.85. The highest BCUT2D eigenvalue weighted by Crippen LogP contribution is 2.44. The Morgan fingerprint density at radius 3 is 2.81 bits per heavy atom. The van der Waals surface area contributed by atoms with Crippen molar-refractivity contribution in [2.24, 2.45) is 0 Å². The monoisotopic (exact) mass is 241 g/mol. The largest absolute Gasteiger partial charge is 0.454 e. The molecule has 1 heterocycles. The van der Waals surface area contributed by atoms with Gasteiger partial charge in [0.25, 0.3) is 0 Å². The predicted octanol–water partition coefficient (Wildman–Crippen LogP) is 2.91. The highest BCUT2D eigenvalue weighted by Gasteiger charge is 2.24. The Labute approximate surface area is 101 Å². The number of ether oxygens (including phenoxy) is 2. The van der Waals surface area contributed by atoms with Gasteiger partial charge < -0.3 is 14.8 Å². The van der Waals surface area contributed by atoms with Gasteiger partial charge in [-0.15, -0.1) is 0 Å². The van der Waals surface area contributed by atoms with Crippen molar-refractivity contribution in [2.75, 3.05) is 13.8 Å². The van der Waals surface area contributed by atoms with Crippen molar-refractivity contribution in [3.05, 3.63) is 22.2 Å². The van der Waals surface area contributed by atoms with Crippen LogP contribution in [0.25, 0.3) is 0 Å². The molecular weight excluding hydrogens is 226 g/mol. The summed E-state index contributed by atoms with van der Waals surface area (Å²) in [4.78, 5) is 0. The Bertz CT molecular complexity index is 404. The average Bonchev–Trinajstić information content (AvgIpc) is 2.65. The number of nitrogens with one attached hydrogen (secondary N) is 1. The molecule has 0 bridgehead atoms. The van der Waals surface area contributed by atoms with Gasteiger partial charge in [-0.2, -0.15) is 0 Å². The maximum absolute atomic E-state index is 6.26. The molecule has 1 aromatic rings. The molecule has 0 aliphatic carbocycles. The predicted molar refractivity (Wildman–Crippen MR) is 64.4 cm³/mol. The summed E-state index contributed by atoms with van der Waals surface area (Å²) >= 11 is 6.26. The highest BCUT2D eigenvalue weighted by atomic mass is 35.5. The molecular formula is C12H16ClNO2. The molecule has 0 spiro atoms. The van der Waals surface area contributed by atoms with E-state index in [2.05, 4.69) is 19.2 Å². The van der Waals surface area contributed by atoms with Gasteiger partial charge in [0.1, 0.15) is 0 Å². The molecule has 0 aromatic heterocycles. The normalized spacial score (nSPS) is 13.6. The fourth-order valence-electron chi connectivity index (χ4n) is 2.04. The number of fused-ring (bicyclic) bond motifs is 1. The molecule has 1 aromatic carbocycles.